The first-order chi connectivity index (χ1) is 12.5. The van der Waals surface area contributed by atoms with Crippen LogP contribution in [0.2, 0.25) is 0 Å². The van der Waals surface area contributed by atoms with Crippen LogP contribution in [0.1, 0.15) is 31.0 Å². The van der Waals surface area contributed by atoms with Gasteiger partial charge in [0.05, 0.1) is 6.61 Å². The van der Waals surface area contributed by atoms with Crippen LogP contribution in [-0.4, -0.2) is 39.7 Å². The topological polar surface area (TPSA) is 71.8 Å². The lowest BCUT2D eigenvalue weighted by atomic mass is 10.1. The first kappa shape index (κ1) is 18.0. The van der Waals surface area contributed by atoms with Crippen molar-refractivity contribution in [1.29, 1.82) is 0 Å². The quantitative estimate of drug-likeness (QED) is 0.769. The Morgan fingerprint density at radius 3 is 2.88 bits per heavy atom. The van der Waals surface area contributed by atoms with Gasteiger partial charge in [-0.15, -0.1) is 0 Å². The number of fused-ring (bicyclic) bond motifs is 3. The number of carbonyl (C=O) groups is 2. The van der Waals surface area contributed by atoms with Crippen LogP contribution in [0.15, 0.2) is 24.4 Å². The summed E-state index contributed by atoms with van der Waals surface area (Å²) in [7, 11) is 0. The molecule has 1 aromatic carbocycles. The fourth-order valence-corrected chi connectivity index (χ4v) is 3.30. The summed E-state index contributed by atoms with van der Waals surface area (Å²) >= 11 is 0. The van der Waals surface area contributed by atoms with Crippen molar-refractivity contribution in [2.24, 2.45) is 0 Å². The van der Waals surface area contributed by atoms with Crippen molar-refractivity contribution < 1.29 is 23.8 Å². The summed E-state index contributed by atoms with van der Waals surface area (Å²) in [6.07, 6.45) is 4.42. The zero-order valence-electron chi connectivity index (χ0n) is 14.6. The van der Waals surface area contributed by atoms with Crippen molar-refractivity contribution in [3.05, 3.63) is 41.5 Å². The molecule has 2 aromatic rings. The molecular formula is C19H21FN2O4. The average Bonchev–Trinajstić information content (AvgIpc) is 2.88. The van der Waals surface area contributed by atoms with Gasteiger partial charge in [-0.3, -0.25) is 9.59 Å². The fraction of sp³-hybridized carbons (Fsp3) is 0.368. The maximum Gasteiger partial charge on any atom is 0.325 e. The third-order valence-corrected chi connectivity index (χ3v) is 4.41. The number of hydrogen-bond donors (Lipinski definition) is 1. The number of carboxylic acid groups (broad SMARTS) is 1. The fourth-order valence-electron chi connectivity index (χ4n) is 3.30. The Balaban J connectivity index is 1.92. The molecule has 1 aromatic heterocycles. The molecule has 0 radical (unpaired) electrons. The van der Waals surface area contributed by atoms with E-state index in [1.807, 2.05) is 21.7 Å². The summed E-state index contributed by atoms with van der Waals surface area (Å²) in [5.74, 6) is -1.49. The van der Waals surface area contributed by atoms with E-state index in [9.17, 15) is 14.0 Å². The van der Waals surface area contributed by atoms with Gasteiger partial charge in [0.25, 0.3) is 0 Å². The van der Waals surface area contributed by atoms with Crippen LogP contribution in [0.3, 0.4) is 0 Å². The molecule has 1 N–H and O–H groups in total. The molecule has 6 nitrogen and oxygen atoms in total. The second kappa shape index (κ2) is 7.59. The molecule has 0 unspecified atom stereocenters. The van der Waals surface area contributed by atoms with Crippen LogP contribution in [-0.2, 0) is 27.4 Å². The summed E-state index contributed by atoms with van der Waals surface area (Å²) in [5.41, 5.74) is 2.57. The van der Waals surface area contributed by atoms with E-state index < -0.39 is 5.97 Å². The van der Waals surface area contributed by atoms with Gasteiger partial charge in [-0.25, -0.2) is 4.39 Å². The molecular weight excluding hydrogens is 339 g/mol. The summed E-state index contributed by atoms with van der Waals surface area (Å²) in [6, 6.07) is 4.53. The molecule has 0 bridgehead atoms. The zero-order chi connectivity index (χ0) is 18.7. The number of halogens is 1. The number of carboxylic acids is 1. The first-order valence-electron chi connectivity index (χ1n) is 8.60. The average molecular weight is 360 g/mol. The van der Waals surface area contributed by atoms with Gasteiger partial charge in [-0.1, -0.05) is 0 Å². The Hall–Kier alpha value is -2.83. The molecule has 138 valence electrons. The molecule has 0 amide bonds. The van der Waals surface area contributed by atoms with Gasteiger partial charge >= 0.3 is 11.9 Å². The lowest BCUT2D eigenvalue weighted by Gasteiger charge is -2.24. The second-order valence-electron chi connectivity index (χ2n) is 6.20. The molecule has 1 aliphatic rings. The Kier molecular flexibility index (Phi) is 5.25. The van der Waals surface area contributed by atoms with Crippen molar-refractivity contribution in [2.45, 2.75) is 32.9 Å². The number of aromatic nitrogens is 1. The van der Waals surface area contributed by atoms with Gasteiger partial charge in [-0.05, 0) is 37.6 Å². The van der Waals surface area contributed by atoms with Crippen molar-refractivity contribution in [3.8, 4) is 0 Å². The third kappa shape index (κ3) is 3.71. The third-order valence-electron chi connectivity index (χ3n) is 4.41. The number of hydrogen-bond acceptors (Lipinski definition) is 4. The Labute approximate surface area is 150 Å². The standard InChI is InChI=1S/C19H21FN2O4/c1-2-26-19(25)12-22-16-6-5-13(20)10-14(16)15-11-21(9-7-17(15)22)8-3-4-18(23)24/h5-7,9-10H,2-4,8,11-12H2,1H3,(H,23,24). The molecule has 0 saturated heterocycles. The number of benzene rings is 1. The van der Waals surface area contributed by atoms with Crippen LogP contribution in [0, 0.1) is 5.82 Å². The monoisotopic (exact) mass is 360 g/mol. The smallest absolute Gasteiger partial charge is 0.325 e. The number of rotatable bonds is 7. The molecule has 2 heterocycles. The summed E-state index contributed by atoms with van der Waals surface area (Å²) in [4.78, 5) is 24.7. The van der Waals surface area contributed by atoms with Crippen molar-refractivity contribution in [2.75, 3.05) is 13.2 Å². The number of esters is 1. The number of carbonyl (C=O) groups excluding carboxylic acids is 1. The Morgan fingerprint density at radius 2 is 2.15 bits per heavy atom. The number of aliphatic carboxylic acids is 1. The van der Waals surface area contributed by atoms with Crippen LogP contribution in [0.4, 0.5) is 4.39 Å². The summed E-state index contributed by atoms with van der Waals surface area (Å²) in [5, 5.41) is 9.54. The van der Waals surface area contributed by atoms with Crippen molar-refractivity contribution in [3.63, 3.8) is 0 Å². The first-order valence-corrected chi connectivity index (χ1v) is 8.60. The highest BCUT2D eigenvalue weighted by Crippen LogP contribution is 2.32. The van der Waals surface area contributed by atoms with Crippen molar-refractivity contribution >= 4 is 28.9 Å². The maximum absolute atomic E-state index is 13.8. The SMILES string of the molecule is CCOC(=O)Cn1c2c(c3cc(F)ccc31)CN(CCCC(=O)O)C=C2. The molecule has 26 heavy (non-hydrogen) atoms. The molecule has 0 spiro atoms. The molecule has 0 fully saturated rings. The minimum absolute atomic E-state index is 0.0641. The van der Waals surface area contributed by atoms with E-state index in [0.717, 1.165) is 22.2 Å². The summed E-state index contributed by atoms with van der Waals surface area (Å²) < 4.78 is 20.7. The van der Waals surface area contributed by atoms with Gasteiger partial charge in [0, 0.05) is 47.9 Å². The van der Waals surface area contributed by atoms with Crippen LogP contribution in [0.5, 0.6) is 0 Å². The number of nitrogens with zero attached hydrogens (tertiary/aromatic N) is 2. The lowest BCUT2D eigenvalue weighted by molar-refractivity contribution is -0.143. The lowest BCUT2D eigenvalue weighted by Crippen LogP contribution is -2.22. The van der Waals surface area contributed by atoms with Gasteiger partial charge in [0.2, 0.25) is 0 Å². The van der Waals surface area contributed by atoms with Crippen LogP contribution in [0.25, 0.3) is 17.0 Å². The molecule has 3 rings (SSSR count). The van der Waals surface area contributed by atoms with Crippen LogP contribution < -0.4 is 0 Å². The van der Waals surface area contributed by atoms with E-state index in [-0.39, 0.29) is 24.8 Å². The molecule has 1 aliphatic heterocycles. The highest BCUT2D eigenvalue weighted by atomic mass is 19.1. The van der Waals surface area contributed by atoms with Crippen LogP contribution >= 0.6 is 0 Å². The molecule has 0 saturated carbocycles. The normalized spacial score (nSPS) is 13.1. The van der Waals surface area contributed by atoms with E-state index in [4.69, 9.17) is 9.84 Å². The molecule has 0 atom stereocenters. The van der Waals surface area contributed by atoms with E-state index in [1.54, 1.807) is 13.0 Å². The molecule has 7 heteroatoms. The van der Waals surface area contributed by atoms with E-state index in [0.29, 0.717) is 26.1 Å². The minimum Gasteiger partial charge on any atom is -0.481 e. The minimum atomic E-state index is -0.820. The largest absolute Gasteiger partial charge is 0.481 e. The van der Waals surface area contributed by atoms with Gasteiger partial charge in [0.1, 0.15) is 12.4 Å². The van der Waals surface area contributed by atoms with E-state index >= 15 is 0 Å². The van der Waals surface area contributed by atoms with Gasteiger partial charge in [-0.2, -0.15) is 0 Å². The zero-order valence-corrected chi connectivity index (χ0v) is 14.6. The Morgan fingerprint density at radius 1 is 1.35 bits per heavy atom. The predicted molar refractivity (Wildman–Crippen MR) is 94.8 cm³/mol. The predicted octanol–water partition coefficient (Wildman–Crippen LogP) is 2.99. The van der Waals surface area contributed by atoms with Crippen molar-refractivity contribution in [1.82, 2.24) is 9.47 Å². The summed E-state index contributed by atoms with van der Waals surface area (Å²) in [6.45, 7) is 3.27. The van der Waals surface area contributed by atoms with Gasteiger partial charge < -0.3 is 19.3 Å². The second-order valence-corrected chi connectivity index (χ2v) is 6.20. The number of ether oxygens (including phenoxy) is 1. The molecule has 0 aliphatic carbocycles. The maximum atomic E-state index is 13.8. The van der Waals surface area contributed by atoms with E-state index in [1.165, 1.54) is 12.1 Å². The Bertz CT molecular complexity index is 872. The highest BCUT2D eigenvalue weighted by molar-refractivity contribution is 5.90. The highest BCUT2D eigenvalue weighted by Gasteiger charge is 2.22. The van der Waals surface area contributed by atoms with E-state index in [2.05, 4.69) is 0 Å². The van der Waals surface area contributed by atoms with Gasteiger partial charge in [0.15, 0.2) is 0 Å².